The summed E-state index contributed by atoms with van der Waals surface area (Å²) >= 11 is 11.7. The summed E-state index contributed by atoms with van der Waals surface area (Å²) in [5.74, 6) is 0.635. The monoisotopic (exact) mass is 211 g/mol. The van der Waals surface area contributed by atoms with Crippen LogP contribution in [-0.4, -0.2) is 9.55 Å². The van der Waals surface area contributed by atoms with E-state index in [1.807, 2.05) is 0 Å². The van der Waals surface area contributed by atoms with Crippen LogP contribution in [0.5, 0.6) is 0 Å². The maximum Gasteiger partial charge on any atom is 0.155 e. The Hall–Kier alpha value is -0.990. The van der Waals surface area contributed by atoms with Crippen LogP contribution >= 0.6 is 23.2 Å². The van der Waals surface area contributed by atoms with Crippen molar-refractivity contribution >= 4 is 23.2 Å². The average Bonchev–Trinajstić information content (AvgIpc) is 2.53. The van der Waals surface area contributed by atoms with Crippen molar-refractivity contribution in [1.82, 2.24) is 9.55 Å². The maximum absolute atomic E-state index is 5.92. The fourth-order valence-electron chi connectivity index (χ4n) is 1.01. The molecule has 0 saturated carbocycles. The molecular weight excluding hydrogens is 207 g/mol. The third-order valence-corrected chi connectivity index (χ3v) is 2.06. The van der Waals surface area contributed by atoms with E-state index in [1.54, 1.807) is 35.2 Å². The molecule has 65 valence electrons. The van der Waals surface area contributed by atoms with Crippen molar-refractivity contribution in [3.63, 3.8) is 0 Å². The standard InChI is InChI=1S/C9H5Cl2N2/c10-7-3-5-13(6-7)9-8(11)2-1-4-12-9/h1-4,6H. The molecule has 2 aromatic rings. The lowest BCUT2D eigenvalue weighted by atomic mass is 10.4. The molecule has 0 spiro atoms. The van der Waals surface area contributed by atoms with Crippen molar-refractivity contribution < 1.29 is 0 Å². The van der Waals surface area contributed by atoms with Gasteiger partial charge in [0.25, 0.3) is 0 Å². The van der Waals surface area contributed by atoms with Gasteiger partial charge in [0.05, 0.1) is 16.2 Å². The SMILES string of the molecule is Clc1c[c]n(-c2ncccc2Cl)c1. The molecule has 0 saturated heterocycles. The molecule has 0 aliphatic carbocycles. The first-order chi connectivity index (χ1) is 6.27. The predicted octanol–water partition coefficient (Wildman–Crippen LogP) is 2.98. The highest BCUT2D eigenvalue weighted by Gasteiger charge is 2.02. The van der Waals surface area contributed by atoms with Gasteiger partial charge in [0.15, 0.2) is 5.82 Å². The van der Waals surface area contributed by atoms with E-state index in [2.05, 4.69) is 11.2 Å². The van der Waals surface area contributed by atoms with E-state index in [0.29, 0.717) is 15.9 Å². The normalized spacial score (nSPS) is 10.3. The third kappa shape index (κ3) is 1.69. The molecule has 13 heavy (non-hydrogen) atoms. The number of aromatic nitrogens is 2. The van der Waals surface area contributed by atoms with Crippen LogP contribution in [0.25, 0.3) is 5.82 Å². The van der Waals surface area contributed by atoms with E-state index in [1.165, 1.54) is 0 Å². The molecule has 0 aliphatic rings. The van der Waals surface area contributed by atoms with Crippen molar-refractivity contribution in [1.29, 1.82) is 0 Å². The summed E-state index contributed by atoms with van der Waals surface area (Å²) in [5, 5.41) is 1.19. The van der Waals surface area contributed by atoms with E-state index in [-0.39, 0.29) is 0 Å². The molecule has 2 heterocycles. The molecule has 2 rings (SSSR count). The minimum absolute atomic E-state index is 0.575. The number of hydrogen-bond donors (Lipinski definition) is 0. The second kappa shape index (κ2) is 3.40. The fraction of sp³-hybridized carbons (Fsp3) is 0. The first kappa shape index (κ1) is 8.60. The van der Waals surface area contributed by atoms with E-state index in [9.17, 15) is 0 Å². The maximum atomic E-state index is 5.92. The zero-order valence-electron chi connectivity index (χ0n) is 6.54. The third-order valence-electron chi connectivity index (χ3n) is 1.56. The van der Waals surface area contributed by atoms with Crippen LogP contribution in [0.4, 0.5) is 0 Å². The lowest BCUT2D eigenvalue weighted by Gasteiger charge is -2.01. The van der Waals surface area contributed by atoms with Gasteiger partial charge in [-0.1, -0.05) is 23.2 Å². The minimum Gasteiger partial charge on any atom is -0.297 e. The summed E-state index contributed by atoms with van der Waals surface area (Å²) in [7, 11) is 0. The number of halogens is 2. The Balaban J connectivity index is 2.52. The minimum atomic E-state index is 0.575. The van der Waals surface area contributed by atoms with Gasteiger partial charge in [-0.2, -0.15) is 0 Å². The smallest absolute Gasteiger partial charge is 0.155 e. The van der Waals surface area contributed by atoms with E-state index < -0.39 is 0 Å². The first-order valence-electron chi connectivity index (χ1n) is 3.64. The van der Waals surface area contributed by atoms with Gasteiger partial charge < -0.3 is 0 Å². The second-order valence-electron chi connectivity index (χ2n) is 2.47. The quantitative estimate of drug-likeness (QED) is 0.710. The van der Waals surface area contributed by atoms with Crippen molar-refractivity contribution in [3.05, 3.63) is 46.8 Å². The predicted molar refractivity (Wildman–Crippen MR) is 52.4 cm³/mol. The van der Waals surface area contributed by atoms with Gasteiger partial charge in [0.2, 0.25) is 0 Å². The van der Waals surface area contributed by atoms with E-state index in [0.717, 1.165) is 0 Å². The number of nitrogens with zero attached hydrogens (tertiary/aromatic N) is 2. The van der Waals surface area contributed by atoms with Gasteiger partial charge in [0, 0.05) is 12.4 Å². The van der Waals surface area contributed by atoms with Crippen molar-refractivity contribution in [2.45, 2.75) is 0 Å². The van der Waals surface area contributed by atoms with Gasteiger partial charge in [-0.25, -0.2) is 4.98 Å². The summed E-state index contributed by atoms with van der Waals surface area (Å²) < 4.78 is 1.66. The Morgan fingerprint density at radius 1 is 1.38 bits per heavy atom. The molecule has 0 aliphatic heterocycles. The molecule has 0 bridgehead atoms. The second-order valence-corrected chi connectivity index (χ2v) is 3.31. The molecule has 0 amide bonds. The first-order valence-corrected chi connectivity index (χ1v) is 4.39. The molecule has 1 radical (unpaired) electrons. The van der Waals surface area contributed by atoms with Gasteiger partial charge in [-0.15, -0.1) is 0 Å². The average molecular weight is 212 g/mol. The fourth-order valence-corrected chi connectivity index (χ4v) is 1.36. The molecule has 0 fully saturated rings. The topological polar surface area (TPSA) is 17.8 Å². The molecule has 0 N–H and O–H groups in total. The Labute approximate surface area is 85.7 Å². The van der Waals surface area contributed by atoms with Crippen LogP contribution in [0.1, 0.15) is 0 Å². The Kier molecular flexibility index (Phi) is 2.25. The largest absolute Gasteiger partial charge is 0.297 e. The summed E-state index contributed by atoms with van der Waals surface area (Å²) in [6.07, 6.45) is 6.27. The van der Waals surface area contributed by atoms with Gasteiger partial charge in [-0.05, 0) is 18.2 Å². The zero-order chi connectivity index (χ0) is 9.26. The van der Waals surface area contributed by atoms with Crippen molar-refractivity contribution in [2.24, 2.45) is 0 Å². The molecule has 4 heteroatoms. The van der Waals surface area contributed by atoms with Crippen LogP contribution in [0, 0.1) is 6.20 Å². The highest BCUT2D eigenvalue weighted by Crippen LogP contribution is 2.18. The Morgan fingerprint density at radius 2 is 2.23 bits per heavy atom. The van der Waals surface area contributed by atoms with Crippen LogP contribution in [0.3, 0.4) is 0 Å². The van der Waals surface area contributed by atoms with Crippen LogP contribution < -0.4 is 0 Å². The lowest BCUT2D eigenvalue weighted by Crippen LogP contribution is -1.94. The number of rotatable bonds is 1. The highest BCUT2D eigenvalue weighted by atomic mass is 35.5. The summed E-state index contributed by atoms with van der Waals surface area (Å²) in [4.78, 5) is 4.10. The highest BCUT2D eigenvalue weighted by molar-refractivity contribution is 6.32. The van der Waals surface area contributed by atoms with Crippen LogP contribution in [0.15, 0.2) is 30.6 Å². The number of pyridine rings is 1. The van der Waals surface area contributed by atoms with Gasteiger partial charge >= 0.3 is 0 Å². The molecule has 0 unspecified atom stereocenters. The van der Waals surface area contributed by atoms with Crippen LogP contribution in [0.2, 0.25) is 10.0 Å². The van der Waals surface area contributed by atoms with Crippen molar-refractivity contribution in [3.8, 4) is 5.82 Å². The van der Waals surface area contributed by atoms with E-state index >= 15 is 0 Å². The summed E-state index contributed by atoms with van der Waals surface area (Å²) in [6.45, 7) is 0. The Bertz CT molecular complexity index is 423. The van der Waals surface area contributed by atoms with Gasteiger partial charge in [0.1, 0.15) is 0 Å². The molecule has 0 atom stereocenters. The molecule has 2 aromatic heterocycles. The van der Waals surface area contributed by atoms with Gasteiger partial charge in [-0.3, -0.25) is 4.57 Å². The summed E-state index contributed by atoms with van der Waals surface area (Å²) in [5.41, 5.74) is 0. The molecular formula is C9H5Cl2N2. The zero-order valence-corrected chi connectivity index (χ0v) is 8.05. The lowest BCUT2D eigenvalue weighted by molar-refractivity contribution is 1.00. The Morgan fingerprint density at radius 3 is 2.85 bits per heavy atom. The summed E-state index contributed by atoms with van der Waals surface area (Å²) in [6, 6.07) is 5.20. The van der Waals surface area contributed by atoms with Crippen molar-refractivity contribution in [2.75, 3.05) is 0 Å². The molecule has 2 nitrogen and oxygen atoms in total. The molecule has 0 aromatic carbocycles. The van der Waals surface area contributed by atoms with Crippen LogP contribution in [-0.2, 0) is 0 Å². The van der Waals surface area contributed by atoms with E-state index in [4.69, 9.17) is 23.2 Å². The number of hydrogen-bond acceptors (Lipinski definition) is 1.